The van der Waals surface area contributed by atoms with Gasteiger partial charge in [0.1, 0.15) is 0 Å². The molecule has 0 aliphatic rings. The summed E-state index contributed by atoms with van der Waals surface area (Å²) < 4.78 is 38.3. The van der Waals surface area contributed by atoms with Gasteiger partial charge in [-0.25, -0.2) is 0 Å². The summed E-state index contributed by atoms with van der Waals surface area (Å²) in [5.41, 5.74) is 1.10. The van der Waals surface area contributed by atoms with E-state index in [0.29, 0.717) is 5.69 Å². The zero-order valence-corrected chi connectivity index (χ0v) is 13.1. The fourth-order valence-corrected chi connectivity index (χ4v) is 2.20. The van der Waals surface area contributed by atoms with E-state index in [-0.39, 0.29) is 5.56 Å². The molecule has 0 spiro atoms. The van der Waals surface area contributed by atoms with E-state index in [4.69, 9.17) is 0 Å². The van der Waals surface area contributed by atoms with Gasteiger partial charge in [0.15, 0.2) is 0 Å². The highest BCUT2D eigenvalue weighted by Gasteiger charge is 2.30. The van der Waals surface area contributed by atoms with Crippen molar-refractivity contribution >= 4 is 34.2 Å². The van der Waals surface area contributed by atoms with Gasteiger partial charge in [0.2, 0.25) is 0 Å². The number of aryl methyl sites for hydroxylation is 1. The minimum atomic E-state index is -4.40. The van der Waals surface area contributed by atoms with Crippen molar-refractivity contribution in [1.82, 2.24) is 0 Å². The molecule has 2 nitrogen and oxygen atoms in total. The Bertz CT molecular complexity index is 666. The third kappa shape index (κ3) is 3.96. The molecule has 1 N–H and O–H groups in total. The zero-order chi connectivity index (χ0) is 15.6. The number of halogens is 4. The molecule has 0 saturated carbocycles. The second-order valence-electron chi connectivity index (χ2n) is 4.49. The van der Waals surface area contributed by atoms with Gasteiger partial charge in [-0.15, -0.1) is 0 Å². The standard InChI is InChI=1S/C15H11F3INO/c1-9-2-7-12(8-13(9)19)20-14(21)10-3-5-11(6-4-10)15(16,17)18/h2-8H,1H3,(H,20,21). The van der Waals surface area contributed by atoms with E-state index in [9.17, 15) is 18.0 Å². The van der Waals surface area contributed by atoms with Crippen molar-refractivity contribution in [2.45, 2.75) is 13.1 Å². The Hall–Kier alpha value is -1.57. The molecule has 21 heavy (non-hydrogen) atoms. The lowest BCUT2D eigenvalue weighted by Gasteiger charge is -2.09. The molecule has 0 bridgehead atoms. The first-order valence-corrected chi connectivity index (χ1v) is 7.10. The number of benzene rings is 2. The van der Waals surface area contributed by atoms with Crippen LogP contribution in [-0.4, -0.2) is 5.91 Å². The Balaban J connectivity index is 2.15. The van der Waals surface area contributed by atoms with Crippen LogP contribution in [0, 0.1) is 10.5 Å². The Labute approximate surface area is 133 Å². The van der Waals surface area contributed by atoms with Gasteiger partial charge < -0.3 is 5.32 Å². The number of anilines is 1. The SMILES string of the molecule is Cc1ccc(NC(=O)c2ccc(C(F)(F)F)cc2)cc1I. The summed E-state index contributed by atoms with van der Waals surface area (Å²) in [5.74, 6) is -0.441. The topological polar surface area (TPSA) is 29.1 Å². The highest BCUT2D eigenvalue weighted by atomic mass is 127. The Morgan fingerprint density at radius 2 is 1.71 bits per heavy atom. The third-order valence-electron chi connectivity index (χ3n) is 2.90. The van der Waals surface area contributed by atoms with Gasteiger partial charge in [0.25, 0.3) is 5.91 Å². The number of nitrogens with one attached hydrogen (secondary N) is 1. The van der Waals surface area contributed by atoms with Gasteiger partial charge in [0.05, 0.1) is 5.56 Å². The van der Waals surface area contributed by atoms with Crippen molar-refractivity contribution in [1.29, 1.82) is 0 Å². The van der Waals surface area contributed by atoms with E-state index < -0.39 is 17.6 Å². The second kappa shape index (κ2) is 6.05. The number of hydrogen-bond donors (Lipinski definition) is 1. The highest BCUT2D eigenvalue weighted by Crippen LogP contribution is 2.29. The normalized spacial score (nSPS) is 11.3. The molecule has 2 aromatic carbocycles. The molecule has 0 fully saturated rings. The molecule has 1 amide bonds. The van der Waals surface area contributed by atoms with E-state index in [0.717, 1.165) is 33.4 Å². The molecular weight excluding hydrogens is 394 g/mol. The van der Waals surface area contributed by atoms with Gasteiger partial charge in [0, 0.05) is 14.8 Å². The summed E-state index contributed by atoms with van der Waals surface area (Å²) in [6, 6.07) is 9.54. The summed E-state index contributed by atoms with van der Waals surface area (Å²) >= 11 is 2.15. The maximum absolute atomic E-state index is 12.4. The number of rotatable bonds is 2. The first-order chi connectivity index (χ1) is 9.77. The van der Waals surface area contributed by atoms with Crippen LogP contribution in [0.1, 0.15) is 21.5 Å². The maximum Gasteiger partial charge on any atom is 0.416 e. The molecule has 0 saturated heterocycles. The Morgan fingerprint density at radius 1 is 1.10 bits per heavy atom. The lowest BCUT2D eigenvalue weighted by molar-refractivity contribution is -0.137. The number of carbonyl (C=O) groups is 1. The van der Waals surface area contributed by atoms with Gasteiger partial charge in [-0.3, -0.25) is 4.79 Å². The molecular formula is C15H11F3INO. The van der Waals surface area contributed by atoms with E-state index in [1.165, 1.54) is 0 Å². The molecule has 2 rings (SSSR count). The molecule has 6 heteroatoms. The van der Waals surface area contributed by atoms with Crippen molar-refractivity contribution in [3.63, 3.8) is 0 Å². The third-order valence-corrected chi connectivity index (χ3v) is 4.07. The van der Waals surface area contributed by atoms with E-state index >= 15 is 0 Å². The number of carbonyl (C=O) groups excluding carboxylic acids is 1. The van der Waals surface area contributed by atoms with Gasteiger partial charge in [-0.05, 0) is 71.5 Å². The second-order valence-corrected chi connectivity index (χ2v) is 5.66. The van der Waals surface area contributed by atoms with Crippen LogP contribution in [0.4, 0.5) is 18.9 Å². The van der Waals surface area contributed by atoms with Crippen LogP contribution in [0.2, 0.25) is 0 Å². The van der Waals surface area contributed by atoms with Crippen molar-refractivity contribution in [3.05, 3.63) is 62.7 Å². The molecule has 110 valence electrons. The van der Waals surface area contributed by atoms with Crippen LogP contribution in [0.3, 0.4) is 0 Å². The average Bonchev–Trinajstić information content (AvgIpc) is 2.42. The Morgan fingerprint density at radius 3 is 2.24 bits per heavy atom. The predicted octanol–water partition coefficient (Wildman–Crippen LogP) is 4.87. The van der Waals surface area contributed by atoms with Gasteiger partial charge in [-0.1, -0.05) is 6.07 Å². The van der Waals surface area contributed by atoms with Crippen LogP contribution >= 0.6 is 22.6 Å². The van der Waals surface area contributed by atoms with Crippen LogP contribution in [-0.2, 0) is 6.18 Å². The van der Waals surface area contributed by atoms with E-state index in [1.54, 1.807) is 12.1 Å². The summed E-state index contributed by atoms with van der Waals surface area (Å²) in [7, 11) is 0. The largest absolute Gasteiger partial charge is 0.416 e. The Kier molecular flexibility index (Phi) is 4.55. The summed E-state index contributed by atoms with van der Waals surface area (Å²) in [5, 5.41) is 2.66. The van der Waals surface area contributed by atoms with Gasteiger partial charge >= 0.3 is 6.18 Å². The molecule has 0 aromatic heterocycles. The molecule has 0 radical (unpaired) electrons. The fraction of sp³-hybridized carbons (Fsp3) is 0.133. The highest BCUT2D eigenvalue weighted by molar-refractivity contribution is 14.1. The quantitative estimate of drug-likeness (QED) is 0.710. The summed E-state index contributed by atoms with van der Waals surface area (Å²) in [4.78, 5) is 12.0. The molecule has 0 atom stereocenters. The molecule has 0 heterocycles. The molecule has 0 aliphatic carbocycles. The van der Waals surface area contributed by atoms with Crippen LogP contribution in [0.25, 0.3) is 0 Å². The molecule has 2 aromatic rings. The van der Waals surface area contributed by atoms with Crippen molar-refractivity contribution in [3.8, 4) is 0 Å². The van der Waals surface area contributed by atoms with Crippen molar-refractivity contribution in [2.24, 2.45) is 0 Å². The first-order valence-electron chi connectivity index (χ1n) is 6.02. The predicted molar refractivity (Wildman–Crippen MR) is 83.3 cm³/mol. The van der Waals surface area contributed by atoms with Gasteiger partial charge in [-0.2, -0.15) is 13.2 Å². The number of alkyl halides is 3. The minimum Gasteiger partial charge on any atom is -0.322 e. The summed E-state index contributed by atoms with van der Waals surface area (Å²) in [6.45, 7) is 1.95. The lowest BCUT2D eigenvalue weighted by Crippen LogP contribution is -2.13. The lowest BCUT2D eigenvalue weighted by atomic mass is 10.1. The maximum atomic E-state index is 12.4. The van der Waals surface area contributed by atoms with Crippen molar-refractivity contribution < 1.29 is 18.0 Å². The van der Waals surface area contributed by atoms with Crippen LogP contribution in [0.5, 0.6) is 0 Å². The smallest absolute Gasteiger partial charge is 0.322 e. The van der Waals surface area contributed by atoms with E-state index in [2.05, 4.69) is 27.9 Å². The molecule has 0 aliphatic heterocycles. The number of hydrogen-bond acceptors (Lipinski definition) is 1. The monoisotopic (exact) mass is 405 g/mol. The van der Waals surface area contributed by atoms with E-state index in [1.807, 2.05) is 13.0 Å². The minimum absolute atomic E-state index is 0.179. The fourth-order valence-electron chi connectivity index (χ4n) is 1.68. The summed E-state index contributed by atoms with van der Waals surface area (Å²) in [6.07, 6.45) is -4.40. The molecule has 0 unspecified atom stereocenters. The average molecular weight is 405 g/mol. The van der Waals surface area contributed by atoms with Crippen LogP contribution in [0.15, 0.2) is 42.5 Å². The number of amides is 1. The van der Waals surface area contributed by atoms with Crippen molar-refractivity contribution in [2.75, 3.05) is 5.32 Å². The zero-order valence-electron chi connectivity index (χ0n) is 11.0. The van der Waals surface area contributed by atoms with Crippen LogP contribution < -0.4 is 5.32 Å². The first kappa shape index (κ1) is 15.8.